The van der Waals surface area contributed by atoms with Crippen LogP contribution in [0.3, 0.4) is 0 Å². The van der Waals surface area contributed by atoms with Gasteiger partial charge in [-0.15, -0.1) is 0 Å². The summed E-state index contributed by atoms with van der Waals surface area (Å²) >= 11 is 0. The van der Waals surface area contributed by atoms with E-state index in [4.69, 9.17) is 0 Å². The molecule has 3 aromatic rings. The quantitative estimate of drug-likeness (QED) is 0.482. The Morgan fingerprint density at radius 1 is 1.00 bits per heavy atom. The average Bonchev–Trinajstić information content (AvgIpc) is 2.29. The molecular weight excluding hydrogens is 170 g/mol. The van der Waals surface area contributed by atoms with Gasteiger partial charge in [-0.2, -0.15) is 0 Å². The van der Waals surface area contributed by atoms with E-state index in [1.807, 2.05) is 36.5 Å². The van der Waals surface area contributed by atoms with Gasteiger partial charge >= 0.3 is 0 Å². The normalized spacial score (nSPS) is 10.9. The SMILES string of the molecule is [c]1cccc2cnc3ccccc3c12. The second kappa shape index (κ2) is 2.81. The first-order valence-corrected chi connectivity index (χ1v) is 4.59. The summed E-state index contributed by atoms with van der Waals surface area (Å²) in [4.78, 5) is 4.39. The molecule has 0 atom stereocenters. The van der Waals surface area contributed by atoms with Crippen molar-refractivity contribution in [1.82, 2.24) is 4.98 Å². The fourth-order valence-electron chi connectivity index (χ4n) is 1.73. The summed E-state index contributed by atoms with van der Waals surface area (Å²) in [6, 6.07) is 17.4. The minimum atomic E-state index is 1.03. The van der Waals surface area contributed by atoms with E-state index in [9.17, 15) is 0 Å². The minimum absolute atomic E-state index is 1.03. The fraction of sp³-hybridized carbons (Fsp3) is 0. The lowest BCUT2D eigenvalue weighted by molar-refractivity contribution is 1.44. The lowest BCUT2D eigenvalue weighted by Crippen LogP contribution is -1.80. The minimum Gasteiger partial charge on any atom is -0.256 e. The van der Waals surface area contributed by atoms with Crippen LogP contribution in [0, 0.1) is 6.07 Å². The average molecular weight is 178 g/mol. The zero-order valence-corrected chi connectivity index (χ0v) is 7.57. The maximum absolute atomic E-state index is 4.39. The van der Waals surface area contributed by atoms with Crippen LogP contribution in [-0.2, 0) is 0 Å². The zero-order chi connectivity index (χ0) is 9.38. The molecule has 0 unspecified atom stereocenters. The Kier molecular flexibility index (Phi) is 1.51. The first kappa shape index (κ1) is 7.51. The van der Waals surface area contributed by atoms with E-state index in [1.54, 1.807) is 0 Å². The van der Waals surface area contributed by atoms with Gasteiger partial charge in [0, 0.05) is 22.4 Å². The van der Waals surface area contributed by atoms with Crippen molar-refractivity contribution >= 4 is 21.7 Å². The number of nitrogens with zero attached hydrogens (tertiary/aromatic N) is 1. The molecule has 1 heterocycles. The number of pyridine rings is 1. The highest BCUT2D eigenvalue weighted by molar-refractivity contribution is 6.04. The summed E-state index contributed by atoms with van der Waals surface area (Å²) < 4.78 is 0. The smallest absolute Gasteiger partial charge is 0.0708 e. The second-order valence-corrected chi connectivity index (χ2v) is 3.28. The van der Waals surface area contributed by atoms with Gasteiger partial charge in [-0.3, -0.25) is 4.98 Å². The zero-order valence-electron chi connectivity index (χ0n) is 7.57. The predicted octanol–water partition coefficient (Wildman–Crippen LogP) is 3.19. The Balaban J connectivity index is 2.61. The Hall–Kier alpha value is -1.89. The molecule has 14 heavy (non-hydrogen) atoms. The van der Waals surface area contributed by atoms with Gasteiger partial charge in [-0.25, -0.2) is 0 Å². The van der Waals surface area contributed by atoms with Crippen LogP contribution in [0.4, 0.5) is 0 Å². The van der Waals surface area contributed by atoms with E-state index in [0.717, 1.165) is 16.3 Å². The maximum atomic E-state index is 4.39. The molecule has 0 N–H and O–H groups in total. The van der Waals surface area contributed by atoms with Crippen LogP contribution in [-0.4, -0.2) is 4.98 Å². The van der Waals surface area contributed by atoms with Crippen molar-refractivity contribution < 1.29 is 0 Å². The summed E-state index contributed by atoms with van der Waals surface area (Å²) in [5, 5.41) is 3.47. The molecule has 1 radical (unpaired) electrons. The number of rotatable bonds is 0. The van der Waals surface area contributed by atoms with Gasteiger partial charge in [0.25, 0.3) is 0 Å². The number of fused-ring (bicyclic) bond motifs is 3. The van der Waals surface area contributed by atoms with Crippen LogP contribution >= 0.6 is 0 Å². The molecule has 0 aliphatic heterocycles. The standard InChI is InChI=1S/C13H8N/c1-2-6-11-10(5-1)9-14-13-8-4-3-7-12(11)13/h1-5,7-9H. The molecule has 0 saturated heterocycles. The highest BCUT2D eigenvalue weighted by Crippen LogP contribution is 2.21. The molecule has 0 spiro atoms. The van der Waals surface area contributed by atoms with E-state index in [-0.39, 0.29) is 0 Å². The Morgan fingerprint density at radius 2 is 1.93 bits per heavy atom. The molecular formula is C13H8N. The molecule has 0 aliphatic rings. The number of hydrogen-bond acceptors (Lipinski definition) is 1. The third kappa shape index (κ3) is 0.990. The fourth-order valence-corrected chi connectivity index (χ4v) is 1.73. The van der Waals surface area contributed by atoms with Gasteiger partial charge in [0.15, 0.2) is 0 Å². The lowest BCUT2D eigenvalue weighted by atomic mass is 10.1. The lowest BCUT2D eigenvalue weighted by Gasteiger charge is -2.00. The van der Waals surface area contributed by atoms with Gasteiger partial charge in [0.2, 0.25) is 0 Å². The molecule has 1 nitrogen and oxygen atoms in total. The second-order valence-electron chi connectivity index (χ2n) is 3.28. The van der Waals surface area contributed by atoms with Crippen LogP contribution < -0.4 is 0 Å². The molecule has 1 aromatic heterocycles. The van der Waals surface area contributed by atoms with Crippen LogP contribution in [0.5, 0.6) is 0 Å². The van der Waals surface area contributed by atoms with Crippen LogP contribution in [0.2, 0.25) is 0 Å². The molecule has 0 saturated carbocycles. The molecule has 0 aliphatic carbocycles. The molecule has 0 amide bonds. The van der Waals surface area contributed by atoms with Crippen molar-refractivity contribution in [3.8, 4) is 0 Å². The summed E-state index contributed by atoms with van der Waals surface area (Å²) in [7, 11) is 0. The van der Waals surface area contributed by atoms with Gasteiger partial charge in [-0.1, -0.05) is 36.4 Å². The van der Waals surface area contributed by atoms with E-state index in [0.29, 0.717) is 0 Å². The van der Waals surface area contributed by atoms with Gasteiger partial charge in [0.1, 0.15) is 0 Å². The molecule has 1 heteroatoms. The Morgan fingerprint density at radius 3 is 2.93 bits per heavy atom. The molecule has 65 valence electrons. The maximum Gasteiger partial charge on any atom is 0.0708 e. The Bertz CT molecular complexity index is 544. The largest absolute Gasteiger partial charge is 0.256 e. The van der Waals surface area contributed by atoms with Crippen molar-refractivity contribution in [3.63, 3.8) is 0 Å². The summed E-state index contributed by atoms with van der Waals surface area (Å²) in [6.07, 6.45) is 1.90. The first-order valence-electron chi connectivity index (χ1n) is 4.59. The number of aromatic nitrogens is 1. The highest BCUT2D eigenvalue weighted by Gasteiger charge is 1.98. The van der Waals surface area contributed by atoms with Crippen LogP contribution in [0.25, 0.3) is 21.7 Å². The van der Waals surface area contributed by atoms with Crippen molar-refractivity contribution in [1.29, 1.82) is 0 Å². The topological polar surface area (TPSA) is 12.9 Å². The van der Waals surface area contributed by atoms with Gasteiger partial charge in [0.05, 0.1) is 5.52 Å². The summed E-state index contributed by atoms with van der Waals surface area (Å²) in [5.41, 5.74) is 1.03. The Labute approximate surface area is 82.0 Å². The van der Waals surface area contributed by atoms with E-state index in [1.165, 1.54) is 5.39 Å². The van der Waals surface area contributed by atoms with E-state index < -0.39 is 0 Å². The third-order valence-electron chi connectivity index (χ3n) is 2.40. The number of hydrogen-bond donors (Lipinski definition) is 0. The molecule has 0 fully saturated rings. The van der Waals surface area contributed by atoms with Crippen molar-refractivity contribution in [3.05, 3.63) is 54.7 Å². The highest BCUT2D eigenvalue weighted by atomic mass is 14.6. The van der Waals surface area contributed by atoms with Crippen molar-refractivity contribution in [2.45, 2.75) is 0 Å². The monoisotopic (exact) mass is 178 g/mol. The molecule has 2 aromatic carbocycles. The number of benzene rings is 2. The van der Waals surface area contributed by atoms with E-state index in [2.05, 4.69) is 23.2 Å². The van der Waals surface area contributed by atoms with Gasteiger partial charge in [-0.05, 0) is 12.1 Å². The number of para-hydroxylation sites is 1. The summed E-state index contributed by atoms with van der Waals surface area (Å²) in [6.45, 7) is 0. The third-order valence-corrected chi connectivity index (χ3v) is 2.40. The van der Waals surface area contributed by atoms with E-state index >= 15 is 0 Å². The predicted molar refractivity (Wildman–Crippen MR) is 58.1 cm³/mol. The first-order chi connectivity index (χ1) is 6.95. The molecule has 0 bridgehead atoms. The van der Waals surface area contributed by atoms with Crippen LogP contribution in [0.15, 0.2) is 48.7 Å². The van der Waals surface area contributed by atoms with Crippen LogP contribution in [0.1, 0.15) is 0 Å². The van der Waals surface area contributed by atoms with Gasteiger partial charge < -0.3 is 0 Å². The molecule has 3 rings (SSSR count). The summed E-state index contributed by atoms with van der Waals surface area (Å²) in [5.74, 6) is 0. The van der Waals surface area contributed by atoms with Crippen molar-refractivity contribution in [2.75, 3.05) is 0 Å². The van der Waals surface area contributed by atoms with Crippen molar-refractivity contribution in [2.24, 2.45) is 0 Å².